The third-order valence-corrected chi connectivity index (χ3v) is 2.32. The van der Waals surface area contributed by atoms with Crippen molar-refractivity contribution in [2.45, 2.75) is 0 Å². The molecule has 5 heteroatoms. The summed E-state index contributed by atoms with van der Waals surface area (Å²) in [4.78, 5) is 10.1. The quantitative estimate of drug-likeness (QED) is 0.676. The van der Waals surface area contributed by atoms with Crippen molar-refractivity contribution in [3.63, 3.8) is 0 Å². The molecule has 0 aliphatic carbocycles. The van der Waals surface area contributed by atoms with Crippen molar-refractivity contribution in [2.24, 2.45) is 0 Å². The van der Waals surface area contributed by atoms with Crippen molar-refractivity contribution in [2.75, 3.05) is 0 Å². The summed E-state index contributed by atoms with van der Waals surface area (Å²) in [5.74, 6) is 0.323. The fourth-order valence-electron chi connectivity index (χ4n) is 1.10. The van der Waals surface area contributed by atoms with Crippen LogP contribution in [0.3, 0.4) is 0 Å². The van der Waals surface area contributed by atoms with E-state index in [9.17, 15) is 4.79 Å². The van der Waals surface area contributed by atoms with Crippen molar-refractivity contribution < 1.29 is 9.53 Å². The lowest BCUT2D eigenvalue weighted by Gasteiger charge is -1.92. The van der Waals surface area contributed by atoms with Gasteiger partial charge in [0.1, 0.15) is 0 Å². The molecule has 2 rings (SSSR count). The first-order valence-corrected chi connectivity index (χ1v) is 4.63. The average Bonchev–Trinajstić information content (AvgIpc) is 2.49. The summed E-state index contributed by atoms with van der Waals surface area (Å²) >= 11 is 2.18. The Morgan fingerprint density at radius 1 is 1.54 bits per heavy atom. The van der Waals surface area contributed by atoms with Gasteiger partial charge in [0.05, 0.1) is 10.9 Å². The van der Waals surface area contributed by atoms with Crippen LogP contribution < -0.4 is 4.74 Å². The Hall–Kier alpha value is -1.11. The number of ether oxygens (including phenoxy) is 1. The summed E-state index contributed by atoms with van der Waals surface area (Å²) in [5, 5.41) is 7.43. The van der Waals surface area contributed by atoms with Crippen molar-refractivity contribution in [1.82, 2.24) is 10.2 Å². The molecule has 0 atom stereocenters. The summed E-state index contributed by atoms with van der Waals surface area (Å²) in [6.45, 7) is 0.371. The number of fused-ring (bicyclic) bond motifs is 1. The molecule has 2 aromatic rings. The molecule has 13 heavy (non-hydrogen) atoms. The van der Waals surface area contributed by atoms with E-state index >= 15 is 0 Å². The normalized spacial score (nSPS) is 10.2. The number of nitrogens with one attached hydrogen (secondary N) is 1. The van der Waals surface area contributed by atoms with Gasteiger partial charge < -0.3 is 4.74 Å². The van der Waals surface area contributed by atoms with Gasteiger partial charge in [-0.2, -0.15) is 0 Å². The van der Waals surface area contributed by atoms with Crippen LogP contribution in [0.1, 0.15) is 0 Å². The molecule has 0 saturated carbocycles. The van der Waals surface area contributed by atoms with Crippen LogP contribution in [0.25, 0.3) is 10.9 Å². The molecule has 0 radical (unpaired) electrons. The van der Waals surface area contributed by atoms with Crippen LogP contribution in [-0.2, 0) is 4.79 Å². The van der Waals surface area contributed by atoms with Crippen molar-refractivity contribution in [1.29, 1.82) is 0 Å². The second-order valence-electron chi connectivity index (χ2n) is 2.43. The third-order valence-electron chi connectivity index (χ3n) is 1.65. The molecule has 1 aromatic carbocycles. The van der Waals surface area contributed by atoms with E-state index in [4.69, 9.17) is 0 Å². The van der Waals surface area contributed by atoms with Crippen molar-refractivity contribution in [3.8, 4) is 5.88 Å². The molecule has 0 fully saturated rings. The van der Waals surface area contributed by atoms with Crippen LogP contribution in [0, 0.1) is 3.57 Å². The molecule has 0 bridgehead atoms. The second kappa shape index (κ2) is 3.33. The first-order valence-electron chi connectivity index (χ1n) is 3.55. The molecule has 1 heterocycles. The average molecular weight is 288 g/mol. The van der Waals surface area contributed by atoms with Gasteiger partial charge in [-0.25, -0.2) is 0 Å². The molecule has 0 aliphatic heterocycles. The van der Waals surface area contributed by atoms with E-state index in [-0.39, 0.29) is 0 Å². The number of H-pyrrole nitrogens is 1. The van der Waals surface area contributed by atoms with Gasteiger partial charge in [-0.05, 0) is 40.8 Å². The molecular formula is C8H5IN2O2. The van der Waals surface area contributed by atoms with Crippen LogP contribution in [-0.4, -0.2) is 16.7 Å². The van der Waals surface area contributed by atoms with E-state index in [2.05, 4.69) is 37.5 Å². The Bertz CT molecular complexity index is 452. The van der Waals surface area contributed by atoms with Gasteiger partial charge in [0, 0.05) is 3.57 Å². The molecule has 4 nitrogen and oxygen atoms in total. The number of halogens is 1. The number of hydrogen-bond donors (Lipinski definition) is 1. The molecule has 1 N–H and O–H groups in total. The molecule has 0 amide bonds. The minimum Gasteiger partial charge on any atom is -0.407 e. The minimum absolute atomic E-state index is 0.323. The van der Waals surface area contributed by atoms with E-state index in [0.717, 1.165) is 14.5 Å². The summed E-state index contributed by atoms with van der Waals surface area (Å²) in [6.07, 6.45) is 0. The zero-order valence-corrected chi connectivity index (χ0v) is 8.61. The van der Waals surface area contributed by atoms with Gasteiger partial charge in [0.25, 0.3) is 6.47 Å². The van der Waals surface area contributed by atoms with Gasteiger partial charge in [0.15, 0.2) is 0 Å². The first-order chi connectivity index (χ1) is 6.31. The van der Waals surface area contributed by atoms with Gasteiger partial charge in [-0.15, -0.1) is 5.10 Å². The smallest absolute Gasteiger partial charge is 0.299 e. The van der Waals surface area contributed by atoms with E-state index in [1.165, 1.54) is 0 Å². The van der Waals surface area contributed by atoms with Gasteiger partial charge >= 0.3 is 0 Å². The summed E-state index contributed by atoms with van der Waals surface area (Å²) in [7, 11) is 0. The van der Waals surface area contributed by atoms with Crippen molar-refractivity contribution in [3.05, 3.63) is 21.8 Å². The molecule has 0 saturated heterocycles. The fourth-order valence-corrected chi connectivity index (χ4v) is 1.59. The largest absolute Gasteiger partial charge is 0.407 e. The number of aromatic nitrogens is 2. The fraction of sp³-hybridized carbons (Fsp3) is 0. The number of benzene rings is 1. The highest BCUT2D eigenvalue weighted by Crippen LogP contribution is 2.23. The Balaban J connectivity index is 2.64. The van der Waals surface area contributed by atoms with Crippen LogP contribution in [0.4, 0.5) is 0 Å². The monoisotopic (exact) mass is 288 g/mol. The van der Waals surface area contributed by atoms with Gasteiger partial charge in [-0.1, -0.05) is 0 Å². The number of carbonyl (C=O) groups excluding carboxylic acids is 1. The highest BCUT2D eigenvalue weighted by molar-refractivity contribution is 14.1. The standard InChI is InChI=1S/C8H5IN2O2/c9-5-1-2-7-6(3-5)8(11-10-7)13-4-12/h1-4H,(H,10,11). The second-order valence-corrected chi connectivity index (χ2v) is 3.68. The highest BCUT2D eigenvalue weighted by atomic mass is 127. The SMILES string of the molecule is O=COc1n[nH]c2ccc(I)cc12. The Kier molecular flexibility index (Phi) is 2.17. The summed E-state index contributed by atoms with van der Waals surface area (Å²) in [5.41, 5.74) is 0.859. The van der Waals surface area contributed by atoms with E-state index in [1.807, 2.05) is 18.2 Å². The number of carbonyl (C=O) groups is 1. The third kappa shape index (κ3) is 1.51. The van der Waals surface area contributed by atoms with Crippen LogP contribution in [0.2, 0.25) is 0 Å². The zero-order chi connectivity index (χ0) is 9.26. The molecule has 0 spiro atoms. The molecular weight excluding hydrogens is 283 g/mol. The lowest BCUT2D eigenvalue weighted by Crippen LogP contribution is -1.88. The summed E-state index contributed by atoms with van der Waals surface area (Å²) < 4.78 is 5.76. The van der Waals surface area contributed by atoms with Gasteiger partial charge in [-0.3, -0.25) is 9.89 Å². The Morgan fingerprint density at radius 2 is 2.38 bits per heavy atom. The van der Waals surface area contributed by atoms with E-state index in [0.29, 0.717) is 12.4 Å². The number of aromatic amines is 1. The summed E-state index contributed by atoms with van der Waals surface area (Å²) in [6, 6.07) is 5.74. The Morgan fingerprint density at radius 3 is 3.15 bits per heavy atom. The molecule has 0 unspecified atom stereocenters. The molecule has 1 aromatic heterocycles. The lowest BCUT2D eigenvalue weighted by molar-refractivity contribution is -0.120. The molecule has 66 valence electrons. The maximum atomic E-state index is 10.1. The first kappa shape index (κ1) is 8.49. The highest BCUT2D eigenvalue weighted by Gasteiger charge is 2.05. The van der Waals surface area contributed by atoms with E-state index < -0.39 is 0 Å². The number of hydrogen-bond acceptors (Lipinski definition) is 3. The number of rotatable bonds is 2. The van der Waals surface area contributed by atoms with Crippen LogP contribution in [0.15, 0.2) is 18.2 Å². The number of nitrogens with zero attached hydrogens (tertiary/aromatic N) is 1. The predicted molar refractivity (Wildman–Crippen MR) is 55.5 cm³/mol. The topological polar surface area (TPSA) is 55.0 Å². The molecule has 0 aliphatic rings. The maximum Gasteiger partial charge on any atom is 0.299 e. The maximum absolute atomic E-state index is 10.1. The van der Waals surface area contributed by atoms with Crippen LogP contribution >= 0.6 is 22.6 Å². The Labute approximate surface area is 87.4 Å². The van der Waals surface area contributed by atoms with Crippen LogP contribution in [0.5, 0.6) is 5.88 Å². The zero-order valence-electron chi connectivity index (χ0n) is 6.45. The van der Waals surface area contributed by atoms with Gasteiger partial charge in [0.2, 0.25) is 5.88 Å². The lowest BCUT2D eigenvalue weighted by atomic mass is 10.2. The van der Waals surface area contributed by atoms with Crippen molar-refractivity contribution >= 4 is 40.0 Å². The van der Waals surface area contributed by atoms with E-state index in [1.54, 1.807) is 0 Å². The minimum atomic E-state index is 0.323. The predicted octanol–water partition coefficient (Wildman–Crippen LogP) is 1.70.